The summed E-state index contributed by atoms with van der Waals surface area (Å²) in [4.78, 5) is 32.5. The monoisotopic (exact) mass is 488 g/mol. The number of halogens is 2. The van der Waals surface area contributed by atoms with Crippen LogP contribution in [-0.2, 0) is 17.6 Å². The van der Waals surface area contributed by atoms with E-state index in [-0.39, 0.29) is 5.69 Å². The molecule has 34 heavy (non-hydrogen) atoms. The van der Waals surface area contributed by atoms with E-state index in [1.807, 2.05) is 0 Å². The molecule has 178 valence electrons. The first-order chi connectivity index (χ1) is 16.4. The maximum atomic E-state index is 13.7. The highest BCUT2D eigenvalue weighted by Crippen LogP contribution is 2.29. The van der Waals surface area contributed by atoms with Gasteiger partial charge in [-0.25, -0.2) is 18.4 Å². The Morgan fingerprint density at radius 1 is 1.09 bits per heavy atom. The zero-order valence-corrected chi connectivity index (χ0v) is 19.2. The summed E-state index contributed by atoms with van der Waals surface area (Å²) in [7, 11) is 0. The summed E-state index contributed by atoms with van der Waals surface area (Å²) >= 11 is 1.26. The Kier molecular flexibility index (Phi) is 6.00. The Morgan fingerprint density at radius 2 is 1.85 bits per heavy atom. The van der Waals surface area contributed by atoms with Crippen LogP contribution in [0.4, 0.5) is 13.9 Å². The van der Waals surface area contributed by atoms with Gasteiger partial charge in [-0.15, -0.1) is 0 Å². The van der Waals surface area contributed by atoms with Crippen molar-refractivity contribution in [2.45, 2.75) is 26.2 Å². The van der Waals surface area contributed by atoms with E-state index >= 15 is 0 Å². The topological polar surface area (TPSA) is 101 Å². The van der Waals surface area contributed by atoms with Gasteiger partial charge in [-0.2, -0.15) is 5.10 Å². The van der Waals surface area contributed by atoms with Gasteiger partial charge in [0.25, 0.3) is 11.8 Å². The summed E-state index contributed by atoms with van der Waals surface area (Å²) in [6.07, 6.45) is 2.10. The van der Waals surface area contributed by atoms with Crippen LogP contribution < -0.4 is 15.8 Å². The largest absolute Gasteiger partial charge is 0.378 e. The number of thiazole rings is 1. The number of morpholine rings is 1. The van der Waals surface area contributed by atoms with E-state index in [9.17, 15) is 18.4 Å². The number of carbonyl (C=O) groups excluding carboxylic acids is 2. The van der Waals surface area contributed by atoms with Crippen molar-refractivity contribution >= 4 is 28.3 Å². The lowest BCUT2D eigenvalue weighted by molar-refractivity contribution is 0.0845. The second-order valence-electron chi connectivity index (χ2n) is 8.06. The predicted octanol–water partition coefficient (Wildman–Crippen LogP) is 2.32. The minimum absolute atomic E-state index is 0.146. The van der Waals surface area contributed by atoms with Crippen molar-refractivity contribution in [3.63, 3.8) is 0 Å². The molecule has 1 fully saturated rings. The first-order valence-electron chi connectivity index (χ1n) is 10.9. The number of aromatic nitrogens is 3. The van der Waals surface area contributed by atoms with Crippen LogP contribution in [0.3, 0.4) is 0 Å². The summed E-state index contributed by atoms with van der Waals surface area (Å²) in [6, 6.07) is 3.48. The molecule has 12 heteroatoms. The quantitative estimate of drug-likeness (QED) is 0.547. The minimum atomic E-state index is -0.991. The number of benzene rings is 1. The second-order valence-corrected chi connectivity index (χ2v) is 9.03. The number of fused-ring (bicyclic) bond motifs is 1. The molecule has 0 atom stereocenters. The number of hydrogen-bond donors (Lipinski definition) is 2. The molecule has 0 saturated carbocycles. The number of rotatable bonds is 4. The molecule has 2 aliphatic rings. The van der Waals surface area contributed by atoms with Gasteiger partial charge < -0.3 is 9.64 Å². The predicted molar refractivity (Wildman–Crippen MR) is 120 cm³/mol. The van der Waals surface area contributed by atoms with Crippen LogP contribution in [0.25, 0.3) is 5.69 Å². The van der Waals surface area contributed by atoms with Gasteiger partial charge in [0.05, 0.1) is 24.6 Å². The zero-order valence-electron chi connectivity index (χ0n) is 18.4. The summed E-state index contributed by atoms with van der Waals surface area (Å²) in [5, 5.41) is 5.08. The van der Waals surface area contributed by atoms with Crippen LogP contribution >= 0.6 is 11.3 Å². The van der Waals surface area contributed by atoms with Gasteiger partial charge in [0.1, 0.15) is 4.88 Å². The number of ether oxygens (including phenoxy) is 1. The third kappa shape index (κ3) is 4.14. The van der Waals surface area contributed by atoms with E-state index in [0.717, 1.165) is 34.9 Å². The minimum Gasteiger partial charge on any atom is -0.378 e. The Hall–Kier alpha value is -3.38. The number of anilines is 1. The molecular weight excluding hydrogens is 466 g/mol. The molecule has 1 saturated heterocycles. The standard InChI is InChI=1S/C22H22F2N6O3S/c1-12-19(34-22(25-12)29-7-9-33-10-8-29)21(32)27-26-20(31)18-14-3-2-4-17(14)30(28-18)13-5-6-15(23)16(24)11-13/h5-6,11H,2-4,7-10H2,1H3,(H,26,31)(H,27,32). The van der Waals surface area contributed by atoms with E-state index < -0.39 is 23.4 Å². The maximum absolute atomic E-state index is 13.7. The molecule has 5 rings (SSSR count). The number of amides is 2. The Morgan fingerprint density at radius 3 is 2.62 bits per heavy atom. The Bertz CT molecular complexity index is 1270. The molecule has 1 aliphatic carbocycles. The van der Waals surface area contributed by atoms with E-state index in [1.54, 1.807) is 6.92 Å². The summed E-state index contributed by atoms with van der Waals surface area (Å²) in [5.41, 5.74) is 7.42. The normalized spacial score (nSPS) is 15.3. The van der Waals surface area contributed by atoms with E-state index in [1.165, 1.54) is 22.1 Å². The van der Waals surface area contributed by atoms with Crippen molar-refractivity contribution in [3.05, 3.63) is 57.4 Å². The molecule has 3 aromatic rings. The van der Waals surface area contributed by atoms with Gasteiger partial charge in [-0.05, 0) is 38.3 Å². The molecule has 2 amide bonds. The number of hydrazine groups is 1. The molecule has 3 heterocycles. The van der Waals surface area contributed by atoms with Crippen LogP contribution in [-0.4, -0.2) is 52.9 Å². The van der Waals surface area contributed by atoms with Gasteiger partial charge in [-0.3, -0.25) is 20.4 Å². The summed E-state index contributed by atoms with van der Waals surface area (Å²) < 4.78 is 33.9. The highest BCUT2D eigenvalue weighted by molar-refractivity contribution is 7.17. The fourth-order valence-electron chi connectivity index (χ4n) is 4.16. The summed E-state index contributed by atoms with van der Waals surface area (Å²) in [6.45, 7) is 4.37. The van der Waals surface area contributed by atoms with Gasteiger partial charge in [-0.1, -0.05) is 11.3 Å². The van der Waals surface area contributed by atoms with Crippen molar-refractivity contribution in [2.24, 2.45) is 0 Å². The lowest BCUT2D eigenvalue weighted by Gasteiger charge is -2.25. The third-order valence-corrected chi connectivity index (χ3v) is 7.07. The molecule has 0 unspecified atom stereocenters. The molecule has 2 N–H and O–H groups in total. The first-order valence-corrected chi connectivity index (χ1v) is 11.7. The van der Waals surface area contributed by atoms with Crippen molar-refractivity contribution in [1.82, 2.24) is 25.6 Å². The average Bonchev–Trinajstić information content (AvgIpc) is 3.55. The van der Waals surface area contributed by atoms with E-state index in [2.05, 4.69) is 25.8 Å². The van der Waals surface area contributed by atoms with Crippen LogP contribution in [0.5, 0.6) is 0 Å². The van der Waals surface area contributed by atoms with E-state index in [0.29, 0.717) is 55.4 Å². The first kappa shape index (κ1) is 22.4. The number of nitrogens with zero attached hydrogens (tertiary/aromatic N) is 4. The highest BCUT2D eigenvalue weighted by Gasteiger charge is 2.28. The molecule has 1 aromatic carbocycles. The maximum Gasteiger partial charge on any atom is 0.290 e. The number of nitrogens with one attached hydrogen (secondary N) is 2. The van der Waals surface area contributed by atoms with Crippen LogP contribution in [0, 0.1) is 18.6 Å². The fraction of sp³-hybridized carbons (Fsp3) is 0.364. The fourth-order valence-corrected chi connectivity index (χ4v) is 5.18. The van der Waals surface area contributed by atoms with Crippen molar-refractivity contribution in [3.8, 4) is 5.69 Å². The molecular formula is C22H22F2N6O3S. The molecule has 0 radical (unpaired) electrons. The number of aryl methyl sites for hydroxylation is 1. The van der Waals surface area contributed by atoms with Gasteiger partial charge in [0.2, 0.25) is 0 Å². The average molecular weight is 489 g/mol. The molecule has 9 nitrogen and oxygen atoms in total. The smallest absolute Gasteiger partial charge is 0.290 e. The van der Waals surface area contributed by atoms with Crippen LogP contribution in [0.1, 0.15) is 43.5 Å². The number of carbonyl (C=O) groups is 2. The van der Waals surface area contributed by atoms with Crippen LogP contribution in [0.2, 0.25) is 0 Å². The summed E-state index contributed by atoms with van der Waals surface area (Å²) in [5.74, 6) is -3.00. The third-order valence-electron chi connectivity index (χ3n) is 5.86. The second kappa shape index (κ2) is 9.11. The number of hydrogen-bond acceptors (Lipinski definition) is 7. The molecule has 1 aliphatic heterocycles. The Labute approximate surface area is 197 Å². The van der Waals surface area contributed by atoms with Gasteiger partial charge >= 0.3 is 0 Å². The zero-order chi connectivity index (χ0) is 23.8. The van der Waals surface area contributed by atoms with Crippen molar-refractivity contribution in [2.75, 3.05) is 31.2 Å². The van der Waals surface area contributed by atoms with Gasteiger partial charge in [0.15, 0.2) is 22.5 Å². The Balaban J connectivity index is 1.31. The van der Waals surface area contributed by atoms with Gasteiger partial charge in [0, 0.05) is 30.4 Å². The lowest BCUT2D eigenvalue weighted by atomic mass is 10.2. The molecule has 2 aromatic heterocycles. The lowest BCUT2D eigenvalue weighted by Crippen LogP contribution is -2.42. The highest BCUT2D eigenvalue weighted by atomic mass is 32.1. The van der Waals surface area contributed by atoms with Crippen molar-refractivity contribution < 1.29 is 23.1 Å². The van der Waals surface area contributed by atoms with Crippen LogP contribution in [0.15, 0.2) is 18.2 Å². The van der Waals surface area contributed by atoms with E-state index in [4.69, 9.17) is 4.74 Å². The SMILES string of the molecule is Cc1nc(N2CCOCC2)sc1C(=O)NNC(=O)c1nn(-c2ccc(F)c(F)c2)c2c1CCC2. The molecule has 0 spiro atoms. The van der Waals surface area contributed by atoms with Crippen molar-refractivity contribution in [1.29, 1.82) is 0 Å². The molecule has 0 bridgehead atoms.